The van der Waals surface area contributed by atoms with Crippen molar-refractivity contribution in [1.29, 1.82) is 0 Å². The first-order chi connectivity index (χ1) is 7.73. The molecule has 0 aromatic heterocycles. The number of carbonyl (C=O) groups is 2. The summed E-state index contributed by atoms with van der Waals surface area (Å²) in [5.74, 6) is -0.587. The molecule has 0 radical (unpaired) electrons. The van der Waals surface area contributed by atoms with E-state index in [4.69, 9.17) is 5.73 Å². The molecule has 0 aliphatic carbocycles. The lowest BCUT2D eigenvalue weighted by atomic mass is 9.95. The van der Waals surface area contributed by atoms with E-state index in [0.29, 0.717) is 16.8 Å². The van der Waals surface area contributed by atoms with Crippen molar-refractivity contribution in [3.8, 4) is 0 Å². The standard InChI is InChI=1S/C13H18N2O2/c1-8-9(11(14)16)6-5-7-10(8)15-12(17)13(2,3)4/h5-7H,1-4H3,(H2,14,16)(H,15,17). The molecule has 3 N–H and O–H groups in total. The molecule has 0 saturated heterocycles. The second-order valence-corrected chi connectivity index (χ2v) is 5.05. The summed E-state index contributed by atoms with van der Waals surface area (Å²) < 4.78 is 0. The quantitative estimate of drug-likeness (QED) is 0.822. The number of hydrogen-bond acceptors (Lipinski definition) is 2. The van der Waals surface area contributed by atoms with Gasteiger partial charge < -0.3 is 11.1 Å². The summed E-state index contributed by atoms with van der Waals surface area (Å²) in [7, 11) is 0. The average molecular weight is 234 g/mol. The van der Waals surface area contributed by atoms with Crippen molar-refractivity contribution in [3.05, 3.63) is 29.3 Å². The highest BCUT2D eigenvalue weighted by atomic mass is 16.2. The van der Waals surface area contributed by atoms with Gasteiger partial charge in [-0.3, -0.25) is 9.59 Å². The third-order valence-electron chi connectivity index (χ3n) is 2.53. The molecule has 0 aliphatic heterocycles. The number of primary amides is 1. The van der Waals surface area contributed by atoms with E-state index in [1.165, 1.54) is 0 Å². The van der Waals surface area contributed by atoms with Crippen molar-refractivity contribution in [1.82, 2.24) is 0 Å². The predicted molar refractivity (Wildman–Crippen MR) is 67.8 cm³/mol. The SMILES string of the molecule is Cc1c(NC(=O)C(C)(C)C)cccc1C(N)=O. The second-order valence-electron chi connectivity index (χ2n) is 5.05. The number of rotatable bonds is 2. The Kier molecular flexibility index (Phi) is 3.56. The summed E-state index contributed by atoms with van der Waals surface area (Å²) in [4.78, 5) is 23.0. The first-order valence-electron chi connectivity index (χ1n) is 5.44. The molecule has 1 aromatic carbocycles. The van der Waals surface area contributed by atoms with Gasteiger partial charge in [0.25, 0.3) is 0 Å². The third kappa shape index (κ3) is 3.06. The van der Waals surface area contributed by atoms with Crippen LogP contribution >= 0.6 is 0 Å². The number of anilines is 1. The Morgan fingerprint density at radius 2 is 1.82 bits per heavy atom. The number of nitrogens with one attached hydrogen (secondary N) is 1. The van der Waals surface area contributed by atoms with E-state index < -0.39 is 11.3 Å². The van der Waals surface area contributed by atoms with E-state index in [1.807, 2.05) is 20.8 Å². The highest BCUT2D eigenvalue weighted by Gasteiger charge is 2.22. The fourth-order valence-corrected chi connectivity index (χ4v) is 1.35. The van der Waals surface area contributed by atoms with Crippen LogP contribution in [0.4, 0.5) is 5.69 Å². The highest BCUT2D eigenvalue weighted by Crippen LogP contribution is 2.22. The summed E-state index contributed by atoms with van der Waals surface area (Å²) in [6.07, 6.45) is 0. The Bertz CT molecular complexity index is 459. The molecule has 0 saturated carbocycles. The smallest absolute Gasteiger partial charge is 0.249 e. The molecule has 1 aromatic rings. The van der Waals surface area contributed by atoms with Crippen LogP contribution in [0.15, 0.2) is 18.2 Å². The molecule has 17 heavy (non-hydrogen) atoms. The minimum Gasteiger partial charge on any atom is -0.366 e. The number of nitrogens with two attached hydrogens (primary N) is 1. The summed E-state index contributed by atoms with van der Waals surface area (Å²) in [5.41, 5.74) is 6.52. The molecule has 0 spiro atoms. The van der Waals surface area contributed by atoms with Crippen LogP contribution in [0.3, 0.4) is 0 Å². The van der Waals surface area contributed by atoms with Crippen LogP contribution in [0.1, 0.15) is 36.7 Å². The van der Waals surface area contributed by atoms with E-state index in [0.717, 1.165) is 0 Å². The summed E-state index contributed by atoms with van der Waals surface area (Å²) in [5, 5.41) is 2.80. The van der Waals surface area contributed by atoms with Crippen LogP contribution in [-0.4, -0.2) is 11.8 Å². The van der Waals surface area contributed by atoms with Crippen molar-refractivity contribution in [2.75, 3.05) is 5.32 Å². The van der Waals surface area contributed by atoms with E-state index in [2.05, 4.69) is 5.32 Å². The van der Waals surface area contributed by atoms with E-state index >= 15 is 0 Å². The zero-order valence-electron chi connectivity index (χ0n) is 10.6. The fourth-order valence-electron chi connectivity index (χ4n) is 1.35. The number of carbonyl (C=O) groups excluding carboxylic acids is 2. The fraction of sp³-hybridized carbons (Fsp3) is 0.385. The maximum atomic E-state index is 11.8. The molecular formula is C13H18N2O2. The molecule has 2 amide bonds. The van der Waals surface area contributed by atoms with Crippen LogP contribution in [0, 0.1) is 12.3 Å². The van der Waals surface area contributed by atoms with Crippen molar-refractivity contribution in [2.45, 2.75) is 27.7 Å². The molecule has 92 valence electrons. The van der Waals surface area contributed by atoms with Crippen molar-refractivity contribution >= 4 is 17.5 Å². The highest BCUT2D eigenvalue weighted by molar-refractivity contribution is 5.99. The lowest BCUT2D eigenvalue weighted by Gasteiger charge is -2.19. The lowest BCUT2D eigenvalue weighted by molar-refractivity contribution is -0.123. The van der Waals surface area contributed by atoms with Crippen molar-refractivity contribution in [3.63, 3.8) is 0 Å². The zero-order chi connectivity index (χ0) is 13.2. The van der Waals surface area contributed by atoms with Crippen LogP contribution in [0.2, 0.25) is 0 Å². The first kappa shape index (κ1) is 13.2. The number of amides is 2. The van der Waals surface area contributed by atoms with Gasteiger partial charge in [0, 0.05) is 16.7 Å². The molecule has 0 unspecified atom stereocenters. The normalized spacial score (nSPS) is 11.1. The Labute approximate surface area is 101 Å². The lowest BCUT2D eigenvalue weighted by Crippen LogP contribution is -2.28. The molecule has 4 nitrogen and oxygen atoms in total. The Balaban J connectivity index is 3.05. The molecular weight excluding hydrogens is 216 g/mol. The maximum Gasteiger partial charge on any atom is 0.249 e. The van der Waals surface area contributed by atoms with E-state index in [-0.39, 0.29) is 5.91 Å². The largest absolute Gasteiger partial charge is 0.366 e. The Morgan fingerprint density at radius 1 is 1.24 bits per heavy atom. The predicted octanol–water partition coefficient (Wildman–Crippen LogP) is 2.08. The van der Waals surface area contributed by atoms with Gasteiger partial charge in [-0.2, -0.15) is 0 Å². The van der Waals surface area contributed by atoms with Gasteiger partial charge in [0.2, 0.25) is 11.8 Å². The van der Waals surface area contributed by atoms with Crippen molar-refractivity contribution in [2.24, 2.45) is 11.1 Å². The zero-order valence-corrected chi connectivity index (χ0v) is 10.6. The van der Waals surface area contributed by atoms with Gasteiger partial charge in [0.1, 0.15) is 0 Å². The van der Waals surface area contributed by atoms with Gasteiger partial charge in [-0.25, -0.2) is 0 Å². The van der Waals surface area contributed by atoms with E-state index in [1.54, 1.807) is 25.1 Å². The Hall–Kier alpha value is -1.84. The first-order valence-corrected chi connectivity index (χ1v) is 5.44. The maximum absolute atomic E-state index is 11.8. The van der Waals surface area contributed by atoms with E-state index in [9.17, 15) is 9.59 Å². The number of benzene rings is 1. The van der Waals surface area contributed by atoms with Crippen LogP contribution in [-0.2, 0) is 4.79 Å². The minimum atomic E-state index is -0.491. The topological polar surface area (TPSA) is 72.2 Å². The molecule has 0 bridgehead atoms. The molecule has 4 heteroatoms. The number of hydrogen-bond donors (Lipinski definition) is 2. The van der Waals surface area contributed by atoms with Crippen LogP contribution < -0.4 is 11.1 Å². The molecule has 1 rings (SSSR count). The molecule has 0 atom stereocenters. The monoisotopic (exact) mass is 234 g/mol. The summed E-state index contributed by atoms with van der Waals surface area (Å²) in [6, 6.07) is 5.10. The van der Waals surface area contributed by atoms with Gasteiger partial charge in [0.15, 0.2) is 0 Å². The van der Waals surface area contributed by atoms with Crippen molar-refractivity contribution < 1.29 is 9.59 Å². The van der Waals surface area contributed by atoms with Gasteiger partial charge in [-0.15, -0.1) is 0 Å². The summed E-state index contributed by atoms with van der Waals surface area (Å²) in [6.45, 7) is 7.25. The Morgan fingerprint density at radius 3 is 2.29 bits per heavy atom. The molecule has 0 heterocycles. The average Bonchev–Trinajstić information content (AvgIpc) is 2.19. The van der Waals surface area contributed by atoms with Gasteiger partial charge in [0.05, 0.1) is 0 Å². The minimum absolute atomic E-state index is 0.0952. The summed E-state index contributed by atoms with van der Waals surface area (Å²) >= 11 is 0. The molecule has 0 fully saturated rings. The molecule has 0 aliphatic rings. The van der Waals surface area contributed by atoms with Crippen LogP contribution in [0.25, 0.3) is 0 Å². The van der Waals surface area contributed by atoms with Gasteiger partial charge >= 0.3 is 0 Å². The van der Waals surface area contributed by atoms with Gasteiger partial charge in [-0.1, -0.05) is 26.8 Å². The third-order valence-corrected chi connectivity index (χ3v) is 2.53. The van der Waals surface area contributed by atoms with Crippen LogP contribution in [0.5, 0.6) is 0 Å². The van der Waals surface area contributed by atoms with Gasteiger partial charge in [-0.05, 0) is 24.6 Å². The second kappa shape index (κ2) is 4.57.